The second-order valence-corrected chi connectivity index (χ2v) is 10.9. The number of pyridine rings is 2. The number of carbonyl (C=O) groups excluding carboxylic acids is 3. The molecule has 2 atom stereocenters. The Balaban J connectivity index is 0.00000202. The van der Waals surface area contributed by atoms with E-state index in [4.69, 9.17) is 4.74 Å². The highest BCUT2D eigenvalue weighted by Crippen LogP contribution is 2.46. The van der Waals surface area contributed by atoms with Gasteiger partial charge in [0.15, 0.2) is 0 Å². The van der Waals surface area contributed by atoms with Crippen molar-refractivity contribution in [1.82, 2.24) is 20.6 Å². The third-order valence-corrected chi connectivity index (χ3v) is 8.27. The normalized spacial score (nSPS) is 17.1. The number of hydrogen-bond acceptors (Lipinski definition) is 7. The number of aromatic nitrogens is 2. The van der Waals surface area contributed by atoms with E-state index < -0.39 is 6.03 Å². The minimum Gasteiger partial charge on any atom is -0.439 e. The van der Waals surface area contributed by atoms with Gasteiger partial charge in [0.05, 0.1) is 28.6 Å². The van der Waals surface area contributed by atoms with Crippen LogP contribution in [0.4, 0.5) is 21.9 Å². The molecule has 13 heteroatoms. The maximum absolute atomic E-state index is 13.5. The van der Waals surface area contributed by atoms with E-state index in [2.05, 4.69) is 25.9 Å². The number of carbonyl (C=O) groups is 3. The number of benzene rings is 1. The minimum absolute atomic E-state index is 0. The number of ether oxygens (including phenoxy) is 1. The standard InChI is InChI=1S/C29H28N6O4S.2H2S/c1-3-22(36)32-17-9-10-18(14-17)33-27(37)26-25-24-20(11-12-30-28(24)40-26)35(29(38)34-25)21-15-31-23(13-16(21)2)39-19-7-5-4-6-8-19;;/h4-8,11-13,15,17-18H,3,9-10,14H2,1-2H3,(H,32,36)(H,33,37)(H,34,38);2*1H2/t17-,18-;;/m0../s1. The van der Waals surface area contributed by atoms with Crippen LogP contribution in [0.15, 0.2) is 54.9 Å². The molecule has 1 saturated carbocycles. The number of rotatable bonds is 7. The van der Waals surface area contributed by atoms with Crippen LogP contribution in [-0.2, 0) is 4.79 Å². The highest BCUT2D eigenvalue weighted by molar-refractivity contribution is 7.59. The molecular formula is C29H32N6O4S3. The Labute approximate surface area is 261 Å². The summed E-state index contributed by atoms with van der Waals surface area (Å²) in [5.41, 5.74) is 2.48. The molecule has 0 bridgehead atoms. The zero-order valence-corrected chi connectivity index (χ0v) is 25.9. The molecule has 2 aliphatic rings. The number of para-hydroxylation sites is 1. The van der Waals surface area contributed by atoms with Crippen LogP contribution in [0.1, 0.15) is 47.8 Å². The number of aryl methyl sites for hydroxylation is 1. The SMILES string of the molecule is CCC(=O)N[C@H]1CC[C@H](NC(=O)c2sc3nccc4c3c2NC(=O)N4c2cnc(Oc3ccccc3)cc2C)C1.S.S. The zero-order valence-electron chi connectivity index (χ0n) is 23.1. The molecule has 1 fully saturated rings. The maximum Gasteiger partial charge on any atom is 0.331 e. The highest BCUT2D eigenvalue weighted by Gasteiger charge is 2.35. The van der Waals surface area contributed by atoms with E-state index in [0.717, 1.165) is 18.4 Å². The molecule has 1 aliphatic carbocycles. The second-order valence-electron chi connectivity index (χ2n) is 9.91. The molecule has 0 unspecified atom stereocenters. The molecule has 1 aromatic carbocycles. The number of nitrogens with zero attached hydrogens (tertiary/aromatic N) is 3. The van der Waals surface area contributed by atoms with Gasteiger partial charge in [0.25, 0.3) is 5.91 Å². The Bertz CT molecular complexity index is 1630. The van der Waals surface area contributed by atoms with Crippen LogP contribution < -0.4 is 25.6 Å². The van der Waals surface area contributed by atoms with E-state index in [-0.39, 0.29) is 50.9 Å². The largest absolute Gasteiger partial charge is 0.439 e. The molecule has 3 N–H and O–H groups in total. The lowest BCUT2D eigenvalue weighted by atomic mass is 10.1. The summed E-state index contributed by atoms with van der Waals surface area (Å²) in [4.78, 5) is 50.1. The van der Waals surface area contributed by atoms with Gasteiger partial charge in [-0.2, -0.15) is 27.0 Å². The Kier molecular flexibility index (Phi) is 9.64. The Morgan fingerprint density at radius 1 is 1.07 bits per heavy atom. The van der Waals surface area contributed by atoms with Crippen LogP contribution in [0, 0.1) is 6.92 Å². The smallest absolute Gasteiger partial charge is 0.331 e. The third-order valence-electron chi connectivity index (χ3n) is 7.17. The van der Waals surface area contributed by atoms with Gasteiger partial charge in [0.2, 0.25) is 11.8 Å². The fourth-order valence-electron chi connectivity index (χ4n) is 5.23. The number of anilines is 3. The van der Waals surface area contributed by atoms with Crippen LogP contribution in [0.3, 0.4) is 0 Å². The third kappa shape index (κ3) is 6.03. The molecule has 6 rings (SSSR count). The summed E-state index contributed by atoms with van der Waals surface area (Å²) < 4.78 is 5.85. The molecule has 42 heavy (non-hydrogen) atoms. The van der Waals surface area contributed by atoms with Crippen molar-refractivity contribution in [3.8, 4) is 11.6 Å². The lowest BCUT2D eigenvalue weighted by molar-refractivity contribution is -0.121. The van der Waals surface area contributed by atoms with E-state index in [0.29, 0.717) is 56.6 Å². The van der Waals surface area contributed by atoms with Gasteiger partial charge >= 0.3 is 6.03 Å². The van der Waals surface area contributed by atoms with Gasteiger partial charge in [-0.05, 0) is 49.9 Å². The molecule has 0 saturated heterocycles. The lowest BCUT2D eigenvalue weighted by Crippen LogP contribution is -2.38. The van der Waals surface area contributed by atoms with Crippen molar-refractivity contribution in [2.75, 3.05) is 10.2 Å². The number of urea groups is 1. The van der Waals surface area contributed by atoms with Gasteiger partial charge < -0.3 is 20.7 Å². The van der Waals surface area contributed by atoms with Gasteiger partial charge in [-0.15, -0.1) is 11.3 Å². The van der Waals surface area contributed by atoms with Gasteiger partial charge in [-0.3, -0.25) is 14.5 Å². The van der Waals surface area contributed by atoms with Crippen LogP contribution in [0.2, 0.25) is 0 Å². The van der Waals surface area contributed by atoms with Crippen molar-refractivity contribution in [3.63, 3.8) is 0 Å². The Morgan fingerprint density at radius 2 is 1.81 bits per heavy atom. The average Bonchev–Trinajstić information content (AvgIpc) is 3.55. The number of amides is 4. The summed E-state index contributed by atoms with van der Waals surface area (Å²) in [5, 5.41) is 9.74. The highest BCUT2D eigenvalue weighted by atomic mass is 32.1. The number of hydrogen-bond donors (Lipinski definition) is 3. The van der Waals surface area contributed by atoms with E-state index in [1.807, 2.05) is 44.2 Å². The fourth-order valence-corrected chi connectivity index (χ4v) is 6.25. The average molecular weight is 625 g/mol. The van der Waals surface area contributed by atoms with Crippen molar-refractivity contribution in [1.29, 1.82) is 0 Å². The molecule has 4 aromatic rings. The van der Waals surface area contributed by atoms with E-state index in [1.54, 1.807) is 29.4 Å². The molecule has 220 valence electrons. The zero-order chi connectivity index (χ0) is 27.8. The van der Waals surface area contributed by atoms with E-state index >= 15 is 0 Å². The van der Waals surface area contributed by atoms with E-state index in [9.17, 15) is 14.4 Å². The molecule has 0 radical (unpaired) electrons. The van der Waals surface area contributed by atoms with Crippen molar-refractivity contribution < 1.29 is 19.1 Å². The molecule has 4 amide bonds. The van der Waals surface area contributed by atoms with Crippen LogP contribution in [0.25, 0.3) is 10.2 Å². The summed E-state index contributed by atoms with van der Waals surface area (Å²) in [5.74, 6) is 0.843. The monoisotopic (exact) mass is 624 g/mol. The first-order valence-corrected chi connectivity index (χ1v) is 14.0. The summed E-state index contributed by atoms with van der Waals surface area (Å²) >= 11 is 1.25. The Morgan fingerprint density at radius 3 is 2.52 bits per heavy atom. The summed E-state index contributed by atoms with van der Waals surface area (Å²) in [6.07, 6.45) is 5.96. The first-order chi connectivity index (χ1) is 19.4. The summed E-state index contributed by atoms with van der Waals surface area (Å²) in [6, 6.07) is 12.5. The van der Waals surface area contributed by atoms with Crippen molar-refractivity contribution >= 4 is 83.5 Å². The van der Waals surface area contributed by atoms with Crippen molar-refractivity contribution in [3.05, 3.63) is 65.3 Å². The van der Waals surface area contributed by atoms with Gasteiger partial charge in [-0.25, -0.2) is 14.8 Å². The first kappa shape index (κ1) is 31.1. The van der Waals surface area contributed by atoms with Crippen molar-refractivity contribution in [2.24, 2.45) is 0 Å². The first-order valence-electron chi connectivity index (χ1n) is 13.2. The molecule has 0 spiro atoms. The predicted molar refractivity (Wildman–Crippen MR) is 174 cm³/mol. The predicted octanol–water partition coefficient (Wildman–Crippen LogP) is 5.88. The quantitative estimate of drug-likeness (QED) is 0.236. The summed E-state index contributed by atoms with van der Waals surface area (Å²) in [6.45, 7) is 3.71. The van der Waals surface area contributed by atoms with Crippen LogP contribution in [0.5, 0.6) is 11.6 Å². The summed E-state index contributed by atoms with van der Waals surface area (Å²) in [7, 11) is 0. The van der Waals surface area contributed by atoms with Crippen molar-refractivity contribution in [2.45, 2.75) is 51.6 Å². The molecule has 1 aliphatic heterocycles. The molecule has 10 nitrogen and oxygen atoms in total. The van der Waals surface area contributed by atoms with Crippen LogP contribution >= 0.6 is 38.3 Å². The van der Waals surface area contributed by atoms with Crippen LogP contribution in [-0.4, -0.2) is 39.9 Å². The second kappa shape index (κ2) is 13.0. The lowest BCUT2D eigenvalue weighted by Gasteiger charge is -2.29. The fraction of sp³-hybridized carbons (Fsp3) is 0.276. The van der Waals surface area contributed by atoms with E-state index in [1.165, 1.54) is 11.3 Å². The van der Waals surface area contributed by atoms with Gasteiger partial charge in [-0.1, -0.05) is 25.1 Å². The molecule has 4 heterocycles. The number of nitrogens with one attached hydrogen (secondary N) is 3. The van der Waals surface area contributed by atoms with Gasteiger partial charge in [0, 0.05) is 30.8 Å². The molecule has 3 aromatic heterocycles. The Hall–Kier alpha value is -3.81. The number of thiophene rings is 1. The topological polar surface area (TPSA) is 126 Å². The molecular weight excluding hydrogens is 593 g/mol. The maximum atomic E-state index is 13.5. The minimum atomic E-state index is -0.391. The van der Waals surface area contributed by atoms with Gasteiger partial charge in [0.1, 0.15) is 15.5 Å².